The first kappa shape index (κ1) is 21.4. The van der Waals surface area contributed by atoms with Crippen LogP contribution in [0.1, 0.15) is 15.9 Å². The van der Waals surface area contributed by atoms with Crippen LogP contribution < -0.4 is 10.2 Å². The Kier molecular flexibility index (Phi) is 6.00. The van der Waals surface area contributed by atoms with E-state index in [1.54, 1.807) is 54.3 Å². The highest BCUT2D eigenvalue weighted by Gasteiger charge is 2.39. The van der Waals surface area contributed by atoms with E-state index in [4.69, 9.17) is 27.9 Å². The summed E-state index contributed by atoms with van der Waals surface area (Å²) in [6.45, 7) is 3.88. The Labute approximate surface area is 189 Å². The standard InChI is InChI=1S/C22H19Cl2N3O4/c1-13-16(23)3-2-4-17(13)27-21(29)18(24)19(22(27)30)25-15-7-5-14(6-8-15)20(28)26-9-11-31-12-10-26/h2-8,25H,9-12H2,1H3. The topological polar surface area (TPSA) is 79.0 Å². The highest BCUT2D eigenvalue weighted by molar-refractivity contribution is 6.53. The Morgan fingerprint density at radius 3 is 2.35 bits per heavy atom. The third-order valence-electron chi connectivity index (χ3n) is 5.21. The minimum atomic E-state index is -0.626. The molecule has 2 heterocycles. The van der Waals surface area contributed by atoms with Gasteiger partial charge in [-0.15, -0.1) is 0 Å². The van der Waals surface area contributed by atoms with Gasteiger partial charge in [-0.1, -0.05) is 29.3 Å². The third kappa shape index (κ3) is 4.04. The van der Waals surface area contributed by atoms with Crippen LogP contribution in [0.2, 0.25) is 5.02 Å². The molecule has 3 amide bonds. The number of imide groups is 1. The summed E-state index contributed by atoms with van der Waals surface area (Å²) in [7, 11) is 0. The number of amides is 3. The van der Waals surface area contributed by atoms with E-state index in [0.717, 1.165) is 4.90 Å². The first-order valence-corrected chi connectivity index (χ1v) is 10.4. The zero-order valence-corrected chi connectivity index (χ0v) is 18.2. The van der Waals surface area contributed by atoms with Gasteiger partial charge in [-0.05, 0) is 48.9 Å². The molecule has 9 heteroatoms. The molecule has 0 spiro atoms. The second kappa shape index (κ2) is 8.70. The second-order valence-corrected chi connectivity index (χ2v) is 7.91. The van der Waals surface area contributed by atoms with Gasteiger partial charge >= 0.3 is 0 Å². The summed E-state index contributed by atoms with van der Waals surface area (Å²) in [5, 5.41) is 3.14. The highest BCUT2D eigenvalue weighted by atomic mass is 35.5. The number of nitrogens with zero attached hydrogens (tertiary/aromatic N) is 2. The van der Waals surface area contributed by atoms with Crippen molar-refractivity contribution >= 4 is 52.3 Å². The molecule has 2 aliphatic heterocycles. The summed E-state index contributed by atoms with van der Waals surface area (Å²) in [5.74, 6) is -1.28. The van der Waals surface area contributed by atoms with Gasteiger partial charge < -0.3 is 15.0 Å². The van der Waals surface area contributed by atoms with E-state index in [-0.39, 0.29) is 16.6 Å². The molecule has 1 saturated heterocycles. The molecule has 2 aromatic rings. The van der Waals surface area contributed by atoms with Gasteiger partial charge in [-0.2, -0.15) is 0 Å². The summed E-state index contributed by atoms with van der Waals surface area (Å²) in [5.41, 5.74) is 2.00. The number of morpholine rings is 1. The van der Waals surface area contributed by atoms with Gasteiger partial charge in [0.1, 0.15) is 10.7 Å². The molecular weight excluding hydrogens is 441 g/mol. The maximum Gasteiger partial charge on any atom is 0.283 e. The summed E-state index contributed by atoms with van der Waals surface area (Å²) < 4.78 is 5.27. The van der Waals surface area contributed by atoms with Crippen LogP contribution in [0, 0.1) is 6.92 Å². The number of halogens is 2. The largest absolute Gasteiger partial charge is 0.378 e. The SMILES string of the molecule is Cc1c(Cl)cccc1N1C(=O)C(Cl)=C(Nc2ccc(C(=O)N3CCOCC3)cc2)C1=O. The molecule has 0 atom stereocenters. The lowest BCUT2D eigenvalue weighted by Crippen LogP contribution is -2.40. The number of nitrogens with one attached hydrogen (secondary N) is 1. The van der Waals surface area contributed by atoms with Gasteiger partial charge in [0.2, 0.25) is 0 Å². The van der Waals surface area contributed by atoms with Crippen molar-refractivity contribution in [2.45, 2.75) is 6.92 Å². The fraction of sp³-hybridized carbons (Fsp3) is 0.227. The highest BCUT2D eigenvalue weighted by Crippen LogP contribution is 2.34. The maximum atomic E-state index is 13.0. The molecule has 4 rings (SSSR count). The molecule has 7 nitrogen and oxygen atoms in total. The predicted octanol–water partition coefficient (Wildman–Crippen LogP) is 3.56. The van der Waals surface area contributed by atoms with Crippen LogP contribution in [0.4, 0.5) is 11.4 Å². The van der Waals surface area contributed by atoms with Crippen molar-refractivity contribution < 1.29 is 19.1 Å². The molecule has 0 aliphatic carbocycles. The Hall–Kier alpha value is -2.87. The van der Waals surface area contributed by atoms with Crippen molar-refractivity contribution in [3.63, 3.8) is 0 Å². The number of carbonyl (C=O) groups is 3. The zero-order chi connectivity index (χ0) is 22.1. The van der Waals surface area contributed by atoms with Crippen molar-refractivity contribution in [2.24, 2.45) is 0 Å². The van der Waals surface area contributed by atoms with E-state index in [1.807, 2.05) is 0 Å². The van der Waals surface area contributed by atoms with Gasteiger partial charge in [-0.3, -0.25) is 14.4 Å². The van der Waals surface area contributed by atoms with Crippen LogP contribution in [0.5, 0.6) is 0 Å². The molecule has 0 bridgehead atoms. The lowest BCUT2D eigenvalue weighted by molar-refractivity contribution is -0.120. The van der Waals surface area contributed by atoms with Crippen molar-refractivity contribution in [2.75, 3.05) is 36.5 Å². The number of anilines is 2. The molecule has 2 aliphatic rings. The predicted molar refractivity (Wildman–Crippen MR) is 118 cm³/mol. The summed E-state index contributed by atoms with van der Waals surface area (Å²) >= 11 is 12.3. The van der Waals surface area contributed by atoms with E-state index in [9.17, 15) is 14.4 Å². The van der Waals surface area contributed by atoms with Crippen molar-refractivity contribution in [1.82, 2.24) is 4.90 Å². The Morgan fingerprint density at radius 1 is 1.00 bits per heavy atom. The quantitative estimate of drug-likeness (QED) is 0.707. The zero-order valence-electron chi connectivity index (χ0n) is 16.7. The first-order valence-electron chi connectivity index (χ1n) is 9.66. The van der Waals surface area contributed by atoms with Crippen LogP contribution in [0.25, 0.3) is 0 Å². The molecule has 0 unspecified atom stereocenters. The average molecular weight is 460 g/mol. The molecule has 1 N–H and O–H groups in total. The van der Waals surface area contributed by atoms with Crippen LogP contribution in [-0.4, -0.2) is 48.9 Å². The smallest absolute Gasteiger partial charge is 0.283 e. The molecule has 1 fully saturated rings. The van der Waals surface area contributed by atoms with Gasteiger partial charge in [0, 0.05) is 29.4 Å². The fourth-order valence-corrected chi connectivity index (χ4v) is 3.84. The monoisotopic (exact) mass is 459 g/mol. The Bertz CT molecular complexity index is 1090. The molecule has 0 saturated carbocycles. The number of benzene rings is 2. The molecule has 0 radical (unpaired) electrons. The van der Waals surface area contributed by atoms with Crippen LogP contribution >= 0.6 is 23.2 Å². The molecular formula is C22H19Cl2N3O4. The second-order valence-electron chi connectivity index (χ2n) is 7.13. The number of ether oxygens (including phenoxy) is 1. The minimum absolute atomic E-state index is 0.0294. The van der Waals surface area contributed by atoms with Gasteiger partial charge in [0.05, 0.1) is 18.9 Å². The average Bonchev–Trinajstić information content (AvgIpc) is 2.99. The van der Waals surface area contributed by atoms with E-state index in [2.05, 4.69) is 5.32 Å². The van der Waals surface area contributed by atoms with Gasteiger partial charge in [0.25, 0.3) is 17.7 Å². The molecule has 160 valence electrons. The lowest BCUT2D eigenvalue weighted by Gasteiger charge is -2.26. The molecule has 31 heavy (non-hydrogen) atoms. The maximum absolute atomic E-state index is 13.0. The van der Waals surface area contributed by atoms with Crippen molar-refractivity contribution in [1.29, 1.82) is 0 Å². The van der Waals surface area contributed by atoms with E-state index in [0.29, 0.717) is 53.8 Å². The molecule has 2 aromatic carbocycles. The lowest BCUT2D eigenvalue weighted by atomic mass is 10.1. The van der Waals surface area contributed by atoms with Crippen LogP contribution in [0.3, 0.4) is 0 Å². The normalized spacial score (nSPS) is 16.9. The van der Waals surface area contributed by atoms with Crippen LogP contribution in [0.15, 0.2) is 53.2 Å². The Morgan fingerprint density at radius 2 is 1.68 bits per heavy atom. The first-order chi connectivity index (χ1) is 14.9. The van der Waals surface area contributed by atoms with Crippen molar-refractivity contribution in [3.05, 3.63) is 69.3 Å². The number of hydrogen-bond acceptors (Lipinski definition) is 5. The Balaban J connectivity index is 1.52. The number of carbonyl (C=O) groups excluding carboxylic acids is 3. The van der Waals surface area contributed by atoms with E-state index >= 15 is 0 Å². The van der Waals surface area contributed by atoms with Crippen molar-refractivity contribution in [3.8, 4) is 0 Å². The van der Waals surface area contributed by atoms with Gasteiger partial charge in [-0.25, -0.2) is 4.90 Å². The number of hydrogen-bond donors (Lipinski definition) is 1. The number of rotatable bonds is 4. The minimum Gasteiger partial charge on any atom is -0.378 e. The summed E-state index contributed by atoms with van der Waals surface area (Å²) in [4.78, 5) is 40.9. The van der Waals surface area contributed by atoms with E-state index < -0.39 is 11.8 Å². The summed E-state index contributed by atoms with van der Waals surface area (Å²) in [6.07, 6.45) is 0. The van der Waals surface area contributed by atoms with E-state index in [1.165, 1.54) is 0 Å². The summed E-state index contributed by atoms with van der Waals surface area (Å²) in [6, 6.07) is 11.6. The van der Waals surface area contributed by atoms with Crippen LogP contribution in [-0.2, 0) is 14.3 Å². The fourth-order valence-electron chi connectivity index (χ4n) is 3.46. The molecule has 0 aromatic heterocycles. The third-order valence-corrected chi connectivity index (χ3v) is 5.97. The van der Waals surface area contributed by atoms with Gasteiger partial charge in [0.15, 0.2) is 0 Å².